The number of anilines is 1. The summed E-state index contributed by atoms with van der Waals surface area (Å²) in [5, 5.41) is 0.737. The van der Waals surface area contributed by atoms with Gasteiger partial charge in [0.05, 0.1) is 23.3 Å². The first-order chi connectivity index (χ1) is 16.5. The van der Waals surface area contributed by atoms with Crippen molar-refractivity contribution in [1.29, 1.82) is 0 Å². The molecule has 0 unspecified atom stereocenters. The van der Waals surface area contributed by atoms with Crippen LogP contribution in [-0.4, -0.2) is 51.6 Å². The van der Waals surface area contributed by atoms with Gasteiger partial charge in [0.15, 0.2) is 0 Å². The maximum absolute atomic E-state index is 13.6. The van der Waals surface area contributed by atoms with Crippen molar-refractivity contribution in [3.8, 4) is 22.7 Å². The van der Waals surface area contributed by atoms with E-state index in [1.165, 1.54) is 12.1 Å². The molecule has 1 fully saturated rings. The third-order valence-electron chi connectivity index (χ3n) is 6.03. The van der Waals surface area contributed by atoms with Crippen LogP contribution in [0.1, 0.15) is 24.3 Å². The zero-order valence-corrected chi connectivity index (χ0v) is 20.8. The molecule has 11 heteroatoms. The summed E-state index contributed by atoms with van der Waals surface area (Å²) in [5.74, 6) is 0.507. The number of aromatic nitrogens is 2. The van der Waals surface area contributed by atoms with Gasteiger partial charge in [0.25, 0.3) is 0 Å². The lowest BCUT2D eigenvalue weighted by molar-refractivity contribution is 0.594. The van der Waals surface area contributed by atoms with E-state index in [0.29, 0.717) is 34.0 Å². The monoisotopic (exact) mass is 517 g/mol. The van der Waals surface area contributed by atoms with E-state index in [0.717, 1.165) is 40.6 Å². The van der Waals surface area contributed by atoms with Crippen LogP contribution in [0.25, 0.3) is 33.7 Å². The Balaban J connectivity index is 1.75. The molecule has 0 bridgehead atoms. The van der Waals surface area contributed by atoms with Crippen LogP contribution in [0.2, 0.25) is 0 Å². The van der Waals surface area contributed by atoms with E-state index in [1.54, 1.807) is 30.6 Å². The molecule has 1 aliphatic carbocycles. The highest BCUT2D eigenvalue weighted by Gasteiger charge is 2.33. The average molecular weight is 518 g/mol. The smallest absolute Gasteiger partial charge is 0.232 e. The molecule has 0 amide bonds. The summed E-state index contributed by atoms with van der Waals surface area (Å²) in [6.45, 7) is -0.195. The van der Waals surface area contributed by atoms with Crippen LogP contribution in [0.5, 0.6) is 0 Å². The molecule has 0 aliphatic heterocycles. The first-order valence-electron chi connectivity index (χ1n) is 11.0. The molecule has 0 radical (unpaired) electrons. The van der Waals surface area contributed by atoms with Crippen molar-refractivity contribution < 1.29 is 25.6 Å². The molecule has 1 saturated carbocycles. The predicted molar refractivity (Wildman–Crippen MR) is 133 cm³/mol. The number of sulfonamides is 1. The summed E-state index contributed by atoms with van der Waals surface area (Å²) in [4.78, 5) is 7.49. The van der Waals surface area contributed by atoms with Crippen molar-refractivity contribution >= 4 is 36.5 Å². The Labute approximate surface area is 202 Å². The standard InChI is InChI=1S/C24H24FN3O5S2/c1-34(29,30)12-11-28(35(2,31)32)20-14-21-19(13-18(20)15-3-4-15)22(24-26-9-10-27-24)23(33-21)16-5-7-17(25)8-6-16/h5-10,13-15H,3-4,11-12H2,1-2H3,(H,26,27). The third-order valence-corrected chi connectivity index (χ3v) is 8.13. The van der Waals surface area contributed by atoms with E-state index in [1.807, 2.05) is 6.07 Å². The fourth-order valence-corrected chi connectivity index (χ4v) is 5.81. The number of halogens is 1. The summed E-state index contributed by atoms with van der Waals surface area (Å²) in [6, 6.07) is 9.47. The Kier molecular flexibility index (Phi) is 5.71. The highest BCUT2D eigenvalue weighted by atomic mass is 32.2. The zero-order chi connectivity index (χ0) is 25.0. The minimum atomic E-state index is -3.77. The lowest BCUT2D eigenvalue weighted by atomic mass is 10.0. The molecule has 35 heavy (non-hydrogen) atoms. The topological polar surface area (TPSA) is 113 Å². The number of fused-ring (bicyclic) bond motifs is 1. The van der Waals surface area contributed by atoms with Crippen LogP contribution in [0, 0.1) is 5.82 Å². The number of nitrogens with one attached hydrogen (secondary N) is 1. The second kappa shape index (κ2) is 8.49. The number of imidazole rings is 1. The normalized spacial score (nSPS) is 14.5. The number of benzene rings is 2. The molecule has 5 rings (SSSR count). The van der Waals surface area contributed by atoms with Crippen LogP contribution in [-0.2, 0) is 19.9 Å². The molecule has 184 valence electrons. The Morgan fingerprint density at radius 1 is 1.11 bits per heavy atom. The molecule has 2 aromatic heterocycles. The summed E-state index contributed by atoms with van der Waals surface area (Å²) >= 11 is 0. The Morgan fingerprint density at radius 2 is 1.83 bits per heavy atom. The zero-order valence-electron chi connectivity index (χ0n) is 19.2. The van der Waals surface area contributed by atoms with Gasteiger partial charge in [-0.2, -0.15) is 0 Å². The van der Waals surface area contributed by atoms with Crippen molar-refractivity contribution in [2.45, 2.75) is 18.8 Å². The maximum atomic E-state index is 13.6. The van der Waals surface area contributed by atoms with Gasteiger partial charge < -0.3 is 9.40 Å². The molecule has 2 heterocycles. The summed E-state index contributed by atoms with van der Waals surface area (Å²) in [7, 11) is -7.17. The molecular formula is C24H24FN3O5S2. The molecular weight excluding hydrogens is 493 g/mol. The first kappa shape index (κ1) is 23.6. The molecule has 0 saturated heterocycles. The summed E-state index contributed by atoms with van der Waals surface area (Å²) < 4.78 is 70.1. The number of nitrogens with zero attached hydrogens (tertiary/aromatic N) is 2. The highest BCUT2D eigenvalue weighted by Crippen LogP contribution is 2.49. The van der Waals surface area contributed by atoms with Gasteiger partial charge in [-0.05, 0) is 54.7 Å². The first-order valence-corrected chi connectivity index (χ1v) is 14.9. The van der Waals surface area contributed by atoms with Gasteiger partial charge >= 0.3 is 0 Å². The van der Waals surface area contributed by atoms with Crippen molar-refractivity contribution in [3.05, 3.63) is 60.2 Å². The van der Waals surface area contributed by atoms with Crippen molar-refractivity contribution in [1.82, 2.24) is 9.97 Å². The second-order valence-corrected chi connectivity index (χ2v) is 13.1. The van der Waals surface area contributed by atoms with Gasteiger partial charge in [-0.3, -0.25) is 4.31 Å². The number of rotatable bonds is 8. The lowest BCUT2D eigenvalue weighted by Crippen LogP contribution is -2.34. The Bertz CT molecular complexity index is 1610. The minimum absolute atomic E-state index is 0.158. The largest absolute Gasteiger partial charge is 0.455 e. The van der Waals surface area contributed by atoms with Gasteiger partial charge in [0.1, 0.15) is 32.8 Å². The minimum Gasteiger partial charge on any atom is -0.455 e. The van der Waals surface area contributed by atoms with Crippen molar-refractivity contribution in [3.63, 3.8) is 0 Å². The molecule has 0 atom stereocenters. The summed E-state index contributed by atoms with van der Waals surface area (Å²) in [6.07, 6.45) is 7.26. The van der Waals surface area contributed by atoms with Crippen LogP contribution < -0.4 is 4.31 Å². The van der Waals surface area contributed by atoms with Crippen molar-refractivity contribution in [2.75, 3.05) is 29.1 Å². The molecule has 4 aromatic rings. The van der Waals surface area contributed by atoms with Gasteiger partial charge in [-0.1, -0.05) is 0 Å². The number of hydrogen-bond acceptors (Lipinski definition) is 6. The van der Waals surface area contributed by atoms with E-state index in [-0.39, 0.29) is 24.0 Å². The average Bonchev–Trinajstić information content (AvgIpc) is 3.34. The van der Waals surface area contributed by atoms with Gasteiger partial charge in [0, 0.05) is 42.2 Å². The van der Waals surface area contributed by atoms with Crippen LogP contribution >= 0.6 is 0 Å². The fraction of sp³-hybridized carbons (Fsp3) is 0.292. The molecule has 0 spiro atoms. The second-order valence-electron chi connectivity index (χ2n) is 8.90. The third kappa shape index (κ3) is 4.83. The number of sulfone groups is 1. The van der Waals surface area contributed by atoms with E-state index in [4.69, 9.17) is 4.42 Å². The number of hydrogen-bond donors (Lipinski definition) is 1. The molecule has 1 aliphatic rings. The van der Waals surface area contributed by atoms with E-state index in [2.05, 4.69) is 9.97 Å². The van der Waals surface area contributed by atoms with Gasteiger partial charge in [-0.25, -0.2) is 26.2 Å². The SMILES string of the molecule is CS(=O)(=O)CCN(c1cc2oc(-c3ccc(F)cc3)c(-c3ncc[nH]3)c2cc1C1CC1)S(C)(=O)=O. The quantitative estimate of drug-likeness (QED) is 0.373. The number of furan rings is 1. The predicted octanol–water partition coefficient (Wildman–Crippen LogP) is 4.32. The molecule has 8 nitrogen and oxygen atoms in total. The summed E-state index contributed by atoms with van der Waals surface area (Å²) in [5.41, 5.74) is 2.98. The van der Waals surface area contributed by atoms with Crippen LogP contribution in [0.15, 0.2) is 53.2 Å². The fourth-order valence-electron chi connectivity index (χ4n) is 4.24. The number of H-pyrrole nitrogens is 1. The number of aromatic amines is 1. The molecule has 1 N–H and O–H groups in total. The van der Waals surface area contributed by atoms with Gasteiger partial charge in [-0.15, -0.1) is 0 Å². The van der Waals surface area contributed by atoms with E-state index >= 15 is 0 Å². The highest BCUT2D eigenvalue weighted by molar-refractivity contribution is 7.92. The van der Waals surface area contributed by atoms with Crippen LogP contribution in [0.3, 0.4) is 0 Å². The Hall–Kier alpha value is -3.18. The Morgan fingerprint density at radius 3 is 2.40 bits per heavy atom. The lowest BCUT2D eigenvalue weighted by Gasteiger charge is -2.25. The molecule has 2 aromatic carbocycles. The van der Waals surface area contributed by atoms with Crippen molar-refractivity contribution in [2.24, 2.45) is 0 Å². The van der Waals surface area contributed by atoms with Crippen LogP contribution in [0.4, 0.5) is 10.1 Å². The van der Waals surface area contributed by atoms with E-state index in [9.17, 15) is 21.2 Å². The van der Waals surface area contributed by atoms with E-state index < -0.39 is 19.9 Å². The van der Waals surface area contributed by atoms with Gasteiger partial charge in [0.2, 0.25) is 10.0 Å². The maximum Gasteiger partial charge on any atom is 0.232 e.